The van der Waals surface area contributed by atoms with Crippen LogP contribution in [0.3, 0.4) is 0 Å². The van der Waals surface area contributed by atoms with Gasteiger partial charge in [0.25, 0.3) is 0 Å². The van der Waals surface area contributed by atoms with E-state index in [0.717, 1.165) is 11.4 Å². The molecule has 0 atom stereocenters. The van der Waals surface area contributed by atoms with Crippen molar-refractivity contribution in [1.29, 1.82) is 0 Å². The van der Waals surface area contributed by atoms with Gasteiger partial charge in [0.15, 0.2) is 0 Å². The van der Waals surface area contributed by atoms with Gasteiger partial charge in [0.05, 0.1) is 11.9 Å². The quantitative estimate of drug-likeness (QED) is 0.621. The maximum absolute atomic E-state index is 4.18. The van der Waals surface area contributed by atoms with E-state index in [4.69, 9.17) is 0 Å². The average molecular weight is 366 g/mol. The van der Waals surface area contributed by atoms with Crippen molar-refractivity contribution in [2.45, 2.75) is 59.3 Å². The van der Waals surface area contributed by atoms with Crippen LogP contribution in [0.4, 0.5) is 0 Å². The van der Waals surface area contributed by atoms with Gasteiger partial charge in [-0.25, -0.2) is 0 Å². The van der Waals surface area contributed by atoms with Crippen LogP contribution >= 0.6 is 0 Å². The van der Waals surface area contributed by atoms with Gasteiger partial charge in [-0.2, -0.15) is 20.4 Å². The highest BCUT2D eigenvalue weighted by Gasteiger charge is 1.97. The van der Waals surface area contributed by atoms with Gasteiger partial charge in [0.2, 0.25) is 0 Å². The Kier molecular flexibility index (Phi) is 10.5. The van der Waals surface area contributed by atoms with Crippen LogP contribution in [0.15, 0.2) is 61.2 Å². The molecule has 3 aromatic heterocycles. The number of nitrogens with zero attached hydrogens (tertiary/aromatic N) is 5. The van der Waals surface area contributed by atoms with Crippen molar-refractivity contribution in [2.75, 3.05) is 0 Å². The largest absolute Gasteiger partial charge is 0.261 e. The molecule has 3 heterocycles. The third-order valence-electron chi connectivity index (χ3n) is 3.74. The molecule has 3 aromatic rings. The van der Waals surface area contributed by atoms with Crippen LogP contribution in [-0.4, -0.2) is 25.4 Å². The summed E-state index contributed by atoms with van der Waals surface area (Å²) in [5.41, 5.74) is 3.46. The van der Waals surface area contributed by atoms with Gasteiger partial charge in [0.1, 0.15) is 0 Å². The minimum atomic E-state index is 0.485. The molecule has 0 aliphatic rings. The Morgan fingerprint density at radius 1 is 0.593 bits per heavy atom. The summed E-state index contributed by atoms with van der Waals surface area (Å²) in [4.78, 5) is 4.18. The summed E-state index contributed by atoms with van der Waals surface area (Å²) in [6.07, 6.45) is 7.03. The van der Waals surface area contributed by atoms with E-state index in [0.29, 0.717) is 17.8 Å². The van der Waals surface area contributed by atoms with E-state index < -0.39 is 0 Å². The first-order valence-corrected chi connectivity index (χ1v) is 9.36. The van der Waals surface area contributed by atoms with Gasteiger partial charge in [-0.1, -0.05) is 47.6 Å². The summed E-state index contributed by atoms with van der Waals surface area (Å²) >= 11 is 0. The van der Waals surface area contributed by atoms with Gasteiger partial charge in [-0.05, 0) is 53.6 Å². The van der Waals surface area contributed by atoms with E-state index in [2.05, 4.69) is 66.9 Å². The van der Waals surface area contributed by atoms with E-state index in [9.17, 15) is 0 Å². The Labute approximate surface area is 163 Å². The van der Waals surface area contributed by atoms with Crippen molar-refractivity contribution in [1.82, 2.24) is 25.4 Å². The van der Waals surface area contributed by atoms with Crippen LogP contribution in [0.5, 0.6) is 0 Å². The molecule has 0 aliphatic carbocycles. The first-order chi connectivity index (χ1) is 12.9. The van der Waals surface area contributed by atoms with E-state index in [1.54, 1.807) is 18.6 Å². The predicted molar refractivity (Wildman–Crippen MR) is 111 cm³/mol. The van der Waals surface area contributed by atoms with E-state index in [-0.39, 0.29) is 0 Å². The molecule has 0 aromatic carbocycles. The molecule has 0 fully saturated rings. The fourth-order valence-corrected chi connectivity index (χ4v) is 1.98. The lowest BCUT2D eigenvalue weighted by Gasteiger charge is -2.00. The molecule has 0 radical (unpaired) electrons. The molecule has 0 bridgehead atoms. The number of rotatable bonds is 3. The first kappa shape index (κ1) is 22.4. The van der Waals surface area contributed by atoms with Gasteiger partial charge >= 0.3 is 0 Å². The Morgan fingerprint density at radius 2 is 1.30 bits per heavy atom. The Balaban J connectivity index is 0.000000202. The molecule has 27 heavy (non-hydrogen) atoms. The molecule has 0 N–H and O–H groups in total. The van der Waals surface area contributed by atoms with Crippen molar-refractivity contribution >= 4 is 0 Å². The fraction of sp³-hybridized carbons (Fsp3) is 0.409. The van der Waals surface area contributed by atoms with Crippen molar-refractivity contribution < 1.29 is 0 Å². The molecule has 0 unspecified atom stereocenters. The second kappa shape index (κ2) is 12.6. The van der Waals surface area contributed by atoms with E-state index >= 15 is 0 Å². The second-order valence-electron chi connectivity index (χ2n) is 7.04. The van der Waals surface area contributed by atoms with Crippen molar-refractivity contribution in [3.8, 4) is 0 Å². The molecule has 0 saturated heterocycles. The van der Waals surface area contributed by atoms with Gasteiger partial charge in [-0.3, -0.25) is 4.98 Å². The minimum Gasteiger partial charge on any atom is -0.261 e. The average Bonchev–Trinajstić information content (AvgIpc) is 2.71. The van der Waals surface area contributed by atoms with E-state index in [1.807, 2.05) is 42.6 Å². The molecular weight excluding hydrogens is 334 g/mol. The van der Waals surface area contributed by atoms with Crippen LogP contribution < -0.4 is 0 Å². The molecule has 5 nitrogen and oxygen atoms in total. The van der Waals surface area contributed by atoms with Crippen LogP contribution in [0, 0.1) is 0 Å². The zero-order chi connectivity index (χ0) is 20.1. The standard InChI is InChI=1S/C8H11N.2C7H10N2/c1-7(2)8-5-3-4-6-9-8;1-6(2)7-3-4-8-9-5-7;1-6(2)7-4-3-5-8-9-7/h3-7H,1-2H3;2*3-6H,1-2H3. The first-order valence-electron chi connectivity index (χ1n) is 9.36. The summed E-state index contributed by atoms with van der Waals surface area (Å²) < 4.78 is 0. The Morgan fingerprint density at radius 3 is 1.63 bits per heavy atom. The number of hydrogen-bond donors (Lipinski definition) is 0. The summed E-state index contributed by atoms with van der Waals surface area (Å²) in [5, 5.41) is 15.1. The number of aromatic nitrogens is 5. The molecule has 0 spiro atoms. The predicted octanol–water partition coefficient (Wildman–Crippen LogP) is 5.41. The van der Waals surface area contributed by atoms with Crippen molar-refractivity contribution in [3.63, 3.8) is 0 Å². The third kappa shape index (κ3) is 9.54. The SMILES string of the molecule is CC(C)c1ccccn1.CC(C)c1cccnn1.CC(C)c1ccnnc1. The highest BCUT2D eigenvalue weighted by Crippen LogP contribution is 2.10. The highest BCUT2D eigenvalue weighted by molar-refractivity contribution is 5.09. The number of pyridine rings is 1. The van der Waals surface area contributed by atoms with Crippen LogP contribution in [0.25, 0.3) is 0 Å². The third-order valence-corrected chi connectivity index (χ3v) is 3.74. The van der Waals surface area contributed by atoms with Gasteiger partial charge in [-0.15, -0.1) is 0 Å². The summed E-state index contributed by atoms with van der Waals surface area (Å²) in [7, 11) is 0. The van der Waals surface area contributed by atoms with Gasteiger partial charge in [0, 0.05) is 24.3 Å². The zero-order valence-electron chi connectivity index (χ0n) is 17.2. The summed E-state index contributed by atoms with van der Waals surface area (Å²) in [5.74, 6) is 1.59. The molecule has 144 valence electrons. The minimum absolute atomic E-state index is 0.485. The molecule has 3 rings (SSSR count). The lowest BCUT2D eigenvalue weighted by Crippen LogP contribution is -1.92. The normalized spacial score (nSPS) is 10.1. The monoisotopic (exact) mass is 365 g/mol. The maximum atomic E-state index is 4.18. The molecular formula is C22H31N5. The van der Waals surface area contributed by atoms with E-state index in [1.165, 1.54) is 5.56 Å². The molecule has 5 heteroatoms. The summed E-state index contributed by atoms with van der Waals surface area (Å²) in [6, 6.07) is 11.9. The van der Waals surface area contributed by atoms with Crippen molar-refractivity contribution in [2.24, 2.45) is 0 Å². The van der Waals surface area contributed by atoms with Crippen LogP contribution in [0.2, 0.25) is 0 Å². The molecule has 0 aliphatic heterocycles. The maximum Gasteiger partial charge on any atom is 0.0656 e. The van der Waals surface area contributed by atoms with Crippen molar-refractivity contribution in [3.05, 3.63) is 78.1 Å². The topological polar surface area (TPSA) is 64.5 Å². The zero-order valence-corrected chi connectivity index (χ0v) is 17.2. The molecule has 0 amide bonds. The molecule has 0 saturated carbocycles. The van der Waals surface area contributed by atoms with Crippen LogP contribution in [0.1, 0.15) is 76.2 Å². The lowest BCUT2D eigenvalue weighted by molar-refractivity contribution is 0.785. The Hall–Kier alpha value is -2.69. The fourth-order valence-electron chi connectivity index (χ4n) is 1.98. The smallest absolute Gasteiger partial charge is 0.0656 e. The highest BCUT2D eigenvalue weighted by atomic mass is 15.1. The van der Waals surface area contributed by atoms with Crippen LogP contribution in [-0.2, 0) is 0 Å². The Bertz CT molecular complexity index is 610. The van der Waals surface area contributed by atoms with Gasteiger partial charge < -0.3 is 0 Å². The summed E-state index contributed by atoms with van der Waals surface area (Å²) in [6.45, 7) is 12.8. The second-order valence-corrected chi connectivity index (χ2v) is 7.04. The lowest BCUT2D eigenvalue weighted by atomic mass is 10.1. The number of hydrogen-bond acceptors (Lipinski definition) is 5.